The second kappa shape index (κ2) is 9.09. The highest BCUT2D eigenvalue weighted by molar-refractivity contribution is 5.90. The minimum atomic E-state index is -0.967. The molecule has 2 atom stereocenters. The number of nitrogens with one attached hydrogen (secondary N) is 1. The molecule has 10 heteroatoms. The molecule has 1 saturated carbocycles. The van der Waals surface area contributed by atoms with Crippen LogP contribution in [0.2, 0.25) is 0 Å². The van der Waals surface area contributed by atoms with E-state index in [-0.39, 0.29) is 11.5 Å². The van der Waals surface area contributed by atoms with Crippen LogP contribution in [0.15, 0.2) is 22.6 Å². The van der Waals surface area contributed by atoms with E-state index >= 15 is 0 Å². The largest absolute Gasteiger partial charge is 0.481 e. The monoisotopic (exact) mass is 434 g/mol. The van der Waals surface area contributed by atoms with Crippen LogP contribution in [0, 0.1) is 17.6 Å². The Morgan fingerprint density at radius 2 is 1.90 bits per heavy atom. The minimum Gasteiger partial charge on any atom is -0.481 e. The van der Waals surface area contributed by atoms with Gasteiger partial charge in [-0.25, -0.2) is 8.78 Å². The Morgan fingerprint density at radius 1 is 1.13 bits per heavy atom. The maximum Gasteiger partial charge on any atom is 0.309 e. The van der Waals surface area contributed by atoms with E-state index in [0.717, 1.165) is 37.8 Å². The molecule has 1 aliphatic heterocycles. The number of carbonyl (C=O) groups is 2. The van der Waals surface area contributed by atoms with Crippen molar-refractivity contribution in [3.63, 3.8) is 0 Å². The molecule has 2 N–H and O–H groups in total. The lowest BCUT2D eigenvalue weighted by molar-refractivity contribution is -0.145. The van der Waals surface area contributed by atoms with Gasteiger partial charge < -0.3 is 14.8 Å². The number of amides is 1. The van der Waals surface area contributed by atoms with Crippen LogP contribution in [0.3, 0.4) is 0 Å². The number of piperidine rings is 1. The molecule has 166 valence electrons. The molecule has 0 unspecified atom stereocenters. The molecule has 1 saturated heterocycles. The molecule has 0 radical (unpaired) electrons. The van der Waals surface area contributed by atoms with E-state index in [1.165, 1.54) is 6.42 Å². The summed E-state index contributed by atoms with van der Waals surface area (Å²) in [6.07, 6.45) is 6.19. The van der Waals surface area contributed by atoms with Crippen LogP contribution in [-0.4, -0.2) is 57.3 Å². The number of carbonyl (C=O) groups excluding carboxylic acids is 1. The summed E-state index contributed by atoms with van der Waals surface area (Å²) in [7, 11) is 0. The van der Waals surface area contributed by atoms with Gasteiger partial charge in [0.25, 0.3) is 5.89 Å². The number of aliphatic carboxylic acids is 1. The van der Waals surface area contributed by atoms with Gasteiger partial charge in [0.15, 0.2) is 0 Å². The van der Waals surface area contributed by atoms with Crippen LogP contribution >= 0.6 is 0 Å². The van der Waals surface area contributed by atoms with E-state index in [2.05, 4.69) is 20.4 Å². The normalized spacial score (nSPS) is 22.9. The zero-order valence-electron chi connectivity index (χ0n) is 16.9. The number of hydrogen-bond acceptors (Lipinski definition) is 6. The lowest BCUT2D eigenvalue weighted by Gasteiger charge is -2.42. The topological polar surface area (TPSA) is 109 Å². The zero-order valence-corrected chi connectivity index (χ0v) is 16.9. The van der Waals surface area contributed by atoms with Gasteiger partial charge in [-0.15, -0.1) is 10.2 Å². The summed E-state index contributed by atoms with van der Waals surface area (Å²) in [6, 6.07) is 2.68. The van der Waals surface area contributed by atoms with Gasteiger partial charge in [0.05, 0.1) is 11.5 Å². The van der Waals surface area contributed by atoms with E-state index < -0.39 is 41.4 Å². The maximum atomic E-state index is 13.9. The number of carboxylic acid groups (broad SMARTS) is 1. The van der Waals surface area contributed by atoms with Crippen molar-refractivity contribution >= 4 is 11.9 Å². The van der Waals surface area contributed by atoms with Crippen LogP contribution in [0.25, 0.3) is 11.5 Å². The van der Waals surface area contributed by atoms with Crippen molar-refractivity contribution in [3.8, 4) is 11.5 Å². The molecule has 2 aliphatic rings. The molecular weight excluding hydrogens is 410 g/mol. The molecule has 0 spiro atoms. The van der Waals surface area contributed by atoms with Crippen LogP contribution in [0.1, 0.15) is 49.2 Å². The molecule has 1 aromatic heterocycles. The van der Waals surface area contributed by atoms with Crippen LogP contribution in [0.5, 0.6) is 0 Å². The fraction of sp³-hybridized carbons (Fsp3) is 0.524. The summed E-state index contributed by atoms with van der Waals surface area (Å²) in [5, 5.41) is 19.7. The Balaban J connectivity index is 1.43. The Hall–Kier alpha value is -2.88. The number of likely N-dealkylation sites (tertiary alicyclic amines) is 1. The molecule has 4 rings (SSSR count). The third kappa shape index (κ3) is 4.73. The molecule has 1 aliphatic carbocycles. The van der Waals surface area contributed by atoms with E-state index in [0.29, 0.717) is 31.6 Å². The van der Waals surface area contributed by atoms with Gasteiger partial charge in [-0.2, -0.15) is 0 Å². The molecule has 1 aromatic carbocycles. The highest BCUT2D eigenvalue weighted by Gasteiger charge is 2.38. The smallest absolute Gasteiger partial charge is 0.309 e. The summed E-state index contributed by atoms with van der Waals surface area (Å²) in [4.78, 5) is 26.7. The van der Waals surface area contributed by atoms with Gasteiger partial charge in [-0.1, -0.05) is 19.3 Å². The predicted molar refractivity (Wildman–Crippen MR) is 105 cm³/mol. The molecule has 31 heavy (non-hydrogen) atoms. The van der Waals surface area contributed by atoms with Gasteiger partial charge in [0.2, 0.25) is 0 Å². The predicted octanol–water partition coefficient (Wildman–Crippen LogP) is 2.85. The Morgan fingerprint density at radius 3 is 2.61 bits per heavy atom. The standard InChI is InChI=1S/C21H24F2N4O4/c22-12-6-7-14(16(23)10-12)19-25-26-20(31-19)18(28)24-17-8-9-27(11-15(17)21(29)30)13-4-2-1-3-5-13/h6-7,10,13,15,17H,1-5,8-9,11H2,(H,24,28)(H,29,30)/t15-,17-/m0/s1. The van der Waals surface area contributed by atoms with Crippen LogP contribution in [-0.2, 0) is 4.79 Å². The maximum absolute atomic E-state index is 13.9. The van der Waals surface area contributed by atoms with E-state index in [4.69, 9.17) is 4.42 Å². The molecule has 8 nitrogen and oxygen atoms in total. The minimum absolute atomic E-state index is 0.128. The second-order valence-corrected chi connectivity index (χ2v) is 8.14. The van der Waals surface area contributed by atoms with Crippen molar-refractivity contribution in [2.45, 2.75) is 50.6 Å². The molecule has 2 aromatic rings. The first-order chi connectivity index (χ1) is 14.9. The van der Waals surface area contributed by atoms with Crippen molar-refractivity contribution in [2.24, 2.45) is 5.92 Å². The third-order valence-corrected chi connectivity index (χ3v) is 6.15. The van der Waals surface area contributed by atoms with Crippen LogP contribution < -0.4 is 5.32 Å². The van der Waals surface area contributed by atoms with Gasteiger partial charge in [0, 0.05) is 31.2 Å². The van der Waals surface area contributed by atoms with E-state index in [1.54, 1.807) is 0 Å². The van der Waals surface area contributed by atoms with E-state index in [1.807, 2.05) is 0 Å². The first kappa shape index (κ1) is 21.4. The highest BCUT2D eigenvalue weighted by Crippen LogP contribution is 2.28. The van der Waals surface area contributed by atoms with Gasteiger partial charge in [-0.05, 0) is 31.4 Å². The number of benzene rings is 1. The fourth-order valence-electron chi connectivity index (χ4n) is 4.49. The SMILES string of the molecule is O=C(N[C@H]1CCN(C2CCCCC2)C[C@@H]1C(=O)O)c1nnc(-c2ccc(F)cc2F)o1. The fourth-order valence-corrected chi connectivity index (χ4v) is 4.49. The lowest BCUT2D eigenvalue weighted by atomic mass is 9.87. The molecule has 1 amide bonds. The summed E-state index contributed by atoms with van der Waals surface area (Å²) >= 11 is 0. The highest BCUT2D eigenvalue weighted by atomic mass is 19.1. The number of hydrogen-bond donors (Lipinski definition) is 2. The van der Waals surface area contributed by atoms with Gasteiger partial charge in [0.1, 0.15) is 11.6 Å². The lowest BCUT2D eigenvalue weighted by Crippen LogP contribution is -2.56. The van der Waals surface area contributed by atoms with Crippen LogP contribution in [0.4, 0.5) is 8.78 Å². The molecule has 2 fully saturated rings. The molecule has 2 heterocycles. The second-order valence-electron chi connectivity index (χ2n) is 8.14. The average Bonchev–Trinajstić information content (AvgIpc) is 3.24. The molecular formula is C21H24F2N4O4. The quantitative estimate of drug-likeness (QED) is 0.745. The van der Waals surface area contributed by atoms with Gasteiger partial charge in [-0.3, -0.25) is 14.5 Å². The number of nitrogens with zero attached hydrogens (tertiary/aromatic N) is 3. The number of aromatic nitrogens is 2. The third-order valence-electron chi connectivity index (χ3n) is 6.15. The van der Waals surface area contributed by atoms with Crippen molar-refractivity contribution in [2.75, 3.05) is 13.1 Å². The van der Waals surface area contributed by atoms with Crippen molar-refractivity contribution in [3.05, 3.63) is 35.7 Å². The summed E-state index contributed by atoms with van der Waals surface area (Å²) in [6.45, 7) is 1.08. The summed E-state index contributed by atoms with van der Waals surface area (Å²) < 4.78 is 32.2. The van der Waals surface area contributed by atoms with E-state index in [9.17, 15) is 23.5 Å². The van der Waals surface area contributed by atoms with Crippen molar-refractivity contribution in [1.29, 1.82) is 0 Å². The number of rotatable bonds is 5. The first-order valence-electron chi connectivity index (χ1n) is 10.5. The Bertz CT molecular complexity index is 961. The van der Waals surface area contributed by atoms with Crippen molar-refractivity contribution < 1.29 is 27.9 Å². The van der Waals surface area contributed by atoms with Gasteiger partial charge >= 0.3 is 17.8 Å². The summed E-state index contributed by atoms with van der Waals surface area (Å²) in [5.41, 5.74) is -0.128. The van der Waals surface area contributed by atoms with Crippen molar-refractivity contribution in [1.82, 2.24) is 20.4 Å². The zero-order chi connectivity index (χ0) is 22.0. The Kier molecular flexibility index (Phi) is 6.26. The number of halogens is 2. The molecule has 0 bridgehead atoms. The number of carboxylic acids is 1. The Labute approximate surface area is 177 Å². The average molecular weight is 434 g/mol. The summed E-state index contributed by atoms with van der Waals surface area (Å²) in [5.74, 6) is -4.75. The first-order valence-corrected chi connectivity index (χ1v) is 10.5.